The van der Waals surface area contributed by atoms with E-state index in [9.17, 15) is 9.59 Å². The highest BCUT2D eigenvalue weighted by Gasteiger charge is 2.33. The quantitative estimate of drug-likeness (QED) is 0.156. The third-order valence-electron chi connectivity index (χ3n) is 7.16. The second-order valence-electron chi connectivity index (χ2n) is 9.92. The van der Waals surface area contributed by atoms with E-state index in [1.165, 1.54) is 44.1 Å². The minimum absolute atomic E-state index is 0.0166. The molecule has 0 aromatic heterocycles. The summed E-state index contributed by atoms with van der Waals surface area (Å²) in [5.41, 5.74) is 14.0. The number of hydrogen-bond donors (Lipinski definition) is 2. The van der Waals surface area contributed by atoms with Gasteiger partial charge < -0.3 is 20.9 Å². The fourth-order valence-electron chi connectivity index (χ4n) is 5.25. The molecule has 0 aliphatic heterocycles. The van der Waals surface area contributed by atoms with Gasteiger partial charge in [0, 0.05) is 0 Å². The molecule has 0 saturated heterocycles. The summed E-state index contributed by atoms with van der Waals surface area (Å²) in [6.45, 7) is 2.89. The summed E-state index contributed by atoms with van der Waals surface area (Å²) in [5.74, 6) is 5.02. The van der Waals surface area contributed by atoms with Crippen molar-refractivity contribution >= 4 is 11.9 Å². The highest BCUT2D eigenvalue weighted by Crippen LogP contribution is 2.47. The third kappa shape index (κ3) is 8.23. The molecule has 1 fully saturated rings. The molecular weight excluding hydrogens is 440 g/mol. The summed E-state index contributed by atoms with van der Waals surface area (Å²) >= 11 is 0. The average Bonchev–Trinajstić information content (AvgIpc) is 3.30. The Kier molecular flexibility index (Phi) is 10.4. The number of carbonyl (C=O) groups is 2. The third-order valence-corrected chi connectivity index (χ3v) is 7.16. The van der Waals surface area contributed by atoms with Crippen LogP contribution in [0, 0.1) is 17.3 Å². The van der Waals surface area contributed by atoms with Crippen LogP contribution in [0.1, 0.15) is 89.0 Å². The van der Waals surface area contributed by atoms with Gasteiger partial charge in [0.15, 0.2) is 0 Å². The summed E-state index contributed by atoms with van der Waals surface area (Å²) in [6, 6.07) is 6.86. The lowest BCUT2D eigenvalue weighted by Crippen LogP contribution is -2.34. The molecule has 190 valence electrons. The molecule has 6 heteroatoms. The molecule has 1 aromatic carbocycles. The smallest absolute Gasteiger partial charge is 0.330 e. The van der Waals surface area contributed by atoms with Gasteiger partial charge in [-0.25, -0.2) is 4.79 Å². The summed E-state index contributed by atoms with van der Waals surface area (Å²) < 4.78 is 11.1. The van der Waals surface area contributed by atoms with E-state index in [1.54, 1.807) is 6.92 Å². The molecule has 1 spiro atoms. The number of benzene rings is 1. The minimum Gasteiger partial charge on any atom is -0.489 e. The van der Waals surface area contributed by atoms with Gasteiger partial charge in [0.1, 0.15) is 18.4 Å². The molecule has 2 aliphatic rings. The number of carbonyl (C=O) groups excluding carboxylic acids is 2. The fraction of sp³-hybridized carbons (Fsp3) is 0.586. The van der Waals surface area contributed by atoms with Crippen molar-refractivity contribution in [2.45, 2.75) is 89.5 Å². The summed E-state index contributed by atoms with van der Waals surface area (Å²) in [6.07, 6.45) is 13.4. The molecule has 0 bridgehead atoms. The maximum atomic E-state index is 12.4. The molecule has 3 rings (SSSR count). The number of esters is 2. The monoisotopic (exact) mass is 480 g/mol. The molecule has 0 heterocycles. The van der Waals surface area contributed by atoms with Gasteiger partial charge in [0.05, 0.1) is 12.3 Å². The van der Waals surface area contributed by atoms with E-state index < -0.39 is 18.0 Å². The van der Waals surface area contributed by atoms with Crippen molar-refractivity contribution in [2.75, 3.05) is 13.2 Å². The van der Waals surface area contributed by atoms with Crippen LogP contribution in [0.5, 0.6) is 5.75 Å². The number of rotatable bonds is 11. The van der Waals surface area contributed by atoms with Gasteiger partial charge in [-0.05, 0) is 87.1 Å². The van der Waals surface area contributed by atoms with Crippen molar-refractivity contribution in [3.05, 3.63) is 41.5 Å². The summed E-state index contributed by atoms with van der Waals surface area (Å²) in [7, 11) is 0. The molecule has 1 saturated carbocycles. The van der Waals surface area contributed by atoms with E-state index in [1.807, 2.05) is 24.3 Å². The molecule has 35 heavy (non-hydrogen) atoms. The van der Waals surface area contributed by atoms with Crippen molar-refractivity contribution in [3.63, 3.8) is 0 Å². The normalized spacial score (nSPS) is 18.2. The Hall–Kier alpha value is -2.62. The second kappa shape index (κ2) is 13.5. The van der Waals surface area contributed by atoms with Crippen LogP contribution in [0.2, 0.25) is 0 Å². The molecule has 0 radical (unpaired) electrons. The molecule has 0 amide bonds. The lowest BCUT2D eigenvalue weighted by atomic mass is 9.75. The Bertz CT molecular complexity index is 936. The molecule has 4 N–H and O–H groups in total. The number of allylic oxidation sites excluding steroid dienone is 1. The van der Waals surface area contributed by atoms with Gasteiger partial charge in [-0.15, -0.1) is 5.92 Å². The number of ether oxygens (including phenoxy) is 2. The molecule has 1 aromatic rings. The van der Waals surface area contributed by atoms with Crippen LogP contribution in [0.4, 0.5) is 0 Å². The average molecular weight is 481 g/mol. The van der Waals surface area contributed by atoms with Gasteiger partial charge in [0.2, 0.25) is 0 Å². The van der Waals surface area contributed by atoms with Gasteiger partial charge in [-0.1, -0.05) is 43.4 Å². The summed E-state index contributed by atoms with van der Waals surface area (Å²) in [4.78, 5) is 24.5. The predicted octanol–water partition coefficient (Wildman–Crippen LogP) is 4.76. The maximum Gasteiger partial charge on any atom is 0.330 e. The van der Waals surface area contributed by atoms with Crippen molar-refractivity contribution < 1.29 is 19.1 Å². The molecule has 2 atom stereocenters. The van der Waals surface area contributed by atoms with Gasteiger partial charge in [-0.2, -0.15) is 0 Å². The zero-order chi connectivity index (χ0) is 25.1. The second-order valence-corrected chi connectivity index (χ2v) is 9.92. The standard InChI is InChI=1S/C29H40N2O4/c1-2-8-24(19-27(32)35-28(33)26(31)10-3-6-18-30)23-11-13-25(14-12-23)34-21-22-9-7-17-29(20-22)15-4-5-16-29/h11-14,20,24,26H,3-7,9-10,15-19,21,30-31H2,1H3/t24-,26+/m1/s1. The topological polar surface area (TPSA) is 105 Å². The minimum atomic E-state index is -0.819. The van der Waals surface area contributed by atoms with Crippen LogP contribution in [-0.2, 0) is 14.3 Å². The Labute approximate surface area is 209 Å². The van der Waals surface area contributed by atoms with Crippen molar-refractivity contribution in [1.29, 1.82) is 0 Å². The van der Waals surface area contributed by atoms with Crippen LogP contribution >= 0.6 is 0 Å². The van der Waals surface area contributed by atoms with Crippen molar-refractivity contribution in [1.82, 2.24) is 0 Å². The van der Waals surface area contributed by atoms with Gasteiger partial charge in [0.25, 0.3) is 0 Å². The SMILES string of the molecule is CC#C[C@H](CC(=O)OC(=O)[C@@H](N)CCCCN)c1ccc(OCC2=CC3(CCCC3)CCC2)cc1. The van der Waals surface area contributed by atoms with Gasteiger partial charge >= 0.3 is 11.9 Å². The first-order valence-electron chi connectivity index (χ1n) is 13.0. The maximum absolute atomic E-state index is 12.4. The largest absolute Gasteiger partial charge is 0.489 e. The van der Waals surface area contributed by atoms with Crippen LogP contribution in [-0.4, -0.2) is 31.1 Å². The van der Waals surface area contributed by atoms with E-state index in [-0.39, 0.29) is 12.3 Å². The van der Waals surface area contributed by atoms with E-state index >= 15 is 0 Å². The van der Waals surface area contributed by atoms with E-state index in [0.29, 0.717) is 25.0 Å². The van der Waals surface area contributed by atoms with E-state index in [2.05, 4.69) is 17.9 Å². The number of nitrogens with two attached hydrogens (primary N) is 2. The van der Waals surface area contributed by atoms with Crippen LogP contribution in [0.3, 0.4) is 0 Å². The van der Waals surface area contributed by atoms with Crippen molar-refractivity contribution in [3.8, 4) is 17.6 Å². The first-order valence-corrected chi connectivity index (χ1v) is 13.0. The fourth-order valence-corrected chi connectivity index (χ4v) is 5.25. The zero-order valence-corrected chi connectivity index (χ0v) is 21.0. The van der Waals surface area contributed by atoms with Crippen LogP contribution < -0.4 is 16.2 Å². The van der Waals surface area contributed by atoms with E-state index in [4.69, 9.17) is 20.9 Å². The van der Waals surface area contributed by atoms with E-state index in [0.717, 1.165) is 30.6 Å². The highest BCUT2D eigenvalue weighted by molar-refractivity contribution is 5.88. The van der Waals surface area contributed by atoms with Crippen LogP contribution in [0.25, 0.3) is 0 Å². The molecule has 6 nitrogen and oxygen atoms in total. The molecule has 0 unspecified atom stereocenters. The zero-order valence-electron chi connectivity index (χ0n) is 21.0. The number of unbranched alkanes of at least 4 members (excludes halogenated alkanes) is 1. The lowest BCUT2D eigenvalue weighted by Gasteiger charge is -2.31. The Morgan fingerprint density at radius 1 is 1.09 bits per heavy atom. The molecular formula is C29H40N2O4. The predicted molar refractivity (Wildman–Crippen MR) is 138 cm³/mol. The highest BCUT2D eigenvalue weighted by atomic mass is 16.6. The summed E-state index contributed by atoms with van der Waals surface area (Å²) in [5, 5.41) is 0. The first kappa shape index (κ1) is 27.0. The Balaban J connectivity index is 1.52. The Morgan fingerprint density at radius 2 is 1.80 bits per heavy atom. The van der Waals surface area contributed by atoms with Crippen molar-refractivity contribution in [2.24, 2.45) is 16.9 Å². The lowest BCUT2D eigenvalue weighted by molar-refractivity contribution is -0.160. The van der Waals surface area contributed by atoms with Crippen LogP contribution in [0.15, 0.2) is 35.9 Å². The molecule has 2 aliphatic carbocycles. The van der Waals surface area contributed by atoms with Gasteiger partial charge in [-0.3, -0.25) is 4.79 Å². The number of hydrogen-bond acceptors (Lipinski definition) is 6. The first-order chi connectivity index (χ1) is 16.9. The Morgan fingerprint density at radius 3 is 2.49 bits per heavy atom.